The van der Waals surface area contributed by atoms with Crippen molar-refractivity contribution in [1.29, 1.82) is 0 Å². The minimum Gasteiger partial charge on any atom is -0.459 e. The van der Waals surface area contributed by atoms with Crippen LogP contribution in [-0.4, -0.2) is 52.0 Å². The molecule has 1 amide bonds. The molecule has 134 valence electrons. The first-order valence-electron chi connectivity index (χ1n) is 8.33. The van der Waals surface area contributed by atoms with Crippen LogP contribution in [0, 0.1) is 0 Å². The van der Waals surface area contributed by atoms with Gasteiger partial charge in [0.05, 0.1) is 17.8 Å². The lowest BCUT2D eigenvalue weighted by molar-refractivity contribution is 0.0585. The van der Waals surface area contributed by atoms with Crippen LogP contribution < -0.4 is 0 Å². The van der Waals surface area contributed by atoms with Crippen LogP contribution in [0.5, 0.6) is 0 Å². The van der Waals surface area contributed by atoms with Crippen molar-refractivity contribution in [3.05, 3.63) is 59.3 Å². The van der Waals surface area contributed by atoms with Crippen molar-refractivity contribution in [2.24, 2.45) is 0 Å². The number of hydrogen-bond acceptors (Lipinski definition) is 6. The highest BCUT2D eigenvalue weighted by molar-refractivity contribution is 6.33. The summed E-state index contributed by atoms with van der Waals surface area (Å²) in [6.45, 7) is 3.27. The third-order valence-electron chi connectivity index (χ3n) is 4.33. The summed E-state index contributed by atoms with van der Waals surface area (Å²) < 4.78 is 10.5. The summed E-state index contributed by atoms with van der Waals surface area (Å²) in [4.78, 5) is 20.7. The van der Waals surface area contributed by atoms with Crippen LogP contribution in [0.3, 0.4) is 0 Å². The quantitative estimate of drug-likeness (QED) is 0.701. The molecule has 0 N–H and O–H groups in total. The Morgan fingerprint density at radius 1 is 1.12 bits per heavy atom. The summed E-state index contributed by atoms with van der Waals surface area (Å²) in [6, 6.07) is 10.8. The molecule has 4 rings (SSSR count). The van der Waals surface area contributed by atoms with Crippen LogP contribution in [-0.2, 0) is 6.54 Å². The van der Waals surface area contributed by atoms with E-state index in [2.05, 4.69) is 15.0 Å². The van der Waals surface area contributed by atoms with E-state index in [9.17, 15) is 4.79 Å². The molecular formula is C18H17ClN4O3. The molecule has 0 atom stereocenters. The standard InChI is InChI=1S/C18H17ClN4O3/c19-14-5-2-1-4-13(14)17-20-16(26-21-17)12-22-7-9-23(10-8-22)18(24)15-6-3-11-25-15/h1-6,11H,7-10,12H2. The first-order valence-corrected chi connectivity index (χ1v) is 8.71. The van der Waals surface area contributed by atoms with E-state index in [4.69, 9.17) is 20.5 Å². The Morgan fingerprint density at radius 3 is 2.65 bits per heavy atom. The van der Waals surface area contributed by atoms with Gasteiger partial charge in [-0.25, -0.2) is 0 Å². The van der Waals surface area contributed by atoms with Crippen LogP contribution in [0.4, 0.5) is 0 Å². The average Bonchev–Trinajstić information content (AvgIpc) is 3.34. The number of halogens is 1. The van der Waals surface area contributed by atoms with Gasteiger partial charge in [-0.2, -0.15) is 4.98 Å². The SMILES string of the molecule is O=C(c1ccco1)N1CCN(Cc2nc(-c3ccccc3Cl)no2)CC1. The Morgan fingerprint density at radius 2 is 1.92 bits per heavy atom. The number of aromatic nitrogens is 2. The monoisotopic (exact) mass is 372 g/mol. The molecule has 0 radical (unpaired) electrons. The van der Waals surface area contributed by atoms with Crippen LogP contribution in [0.15, 0.2) is 51.6 Å². The van der Waals surface area contributed by atoms with Crippen LogP contribution >= 0.6 is 11.6 Å². The highest BCUT2D eigenvalue weighted by Crippen LogP contribution is 2.25. The van der Waals surface area contributed by atoms with Gasteiger partial charge in [0.15, 0.2) is 5.76 Å². The van der Waals surface area contributed by atoms with E-state index in [1.165, 1.54) is 6.26 Å². The van der Waals surface area contributed by atoms with E-state index in [1.807, 2.05) is 18.2 Å². The number of hydrogen-bond donors (Lipinski definition) is 0. The highest BCUT2D eigenvalue weighted by Gasteiger charge is 2.24. The number of furan rings is 1. The summed E-state index contributed by atoms with van der Waals surface area (Å²) in [5.74, 6) is 1.32. The maximum Gasteiger partial charge on any atom is 0.289 e. The van der Waals surface area contributed by atoms with Crippen molar-refractivity contribution in [2.45, 2.75) is 6.54 Å². The summed E-state index contributed by atoms with van der Waals surface area (Å²) in [5, 5.41) is 4.60. The molecule has 1 aliphatic heterocycles. The van der Waals surface area contributed by atoms with Crippen LogP contribution in [0.25, 0.3) is 11.4 Å². The van der Waals surface area contributed by atoms with Gasteiger partial charge >= 0.3 is 0 Å². The zero-order chi connectivity index (χ0) is 17.9. The zero-order valence-corrected chi connectivity index (χ0v) is 14.7. The van der Waals surface area contributed by atoms with E-state index in [-0.39, 0.29) is 5.91 Å². The lowest BCUT2D eigenvalue weighted by atomic mass is 10.2. The second-order valence-electron chi connectivity index (χ2n) is 6.04. The second kappa shape index (κ2) is 7.31. The van der Waals surface area contributed by atoms with E-state index in [0.29, 0.717) is 42.1 Å². The Hall–Kier alpha value is -2.64. The second-order valence-corrected chi connectivity index (χ2v) is 6.44. The first-order chi connectivity index (χ1) is 12.7. The average molecular weight is 373 g/mol. The molecule has 7 nitrogen and oxygen atoms in total. The van der Waals surface area contributed by atoms with Crippen LogP contribution in [0.2, 0.25) is 5.02 Å². The molecule has 1 aromatic carbocycles. The zero-order valence-electron chi connectivity index (χ0n) is 14.0. The summed E-state index contributed by atoms with van der Waals surface area (Å²) in [7, 11) is 0. The molecule has 2 aromatic heterocycles. The minimum atomic E-state index is -0.0755. The van der Waals surface area contributed by atoms with Crippen molar-refractivity contribution in [1.82, 2.24) is 19.9 Å². The van der Waals surface area contributed by atoms with Gasteiger partial charge in [-0.05, 0) is 24.3 Å². The molecule has 1 fully saturated rings. The number of amides is 1. The largest absolute Gasteiger partial charge is 0.459 e. The fraction of sp³-hybridized carbons (Fsp3) is 0.278. The molecule has 0 aliphatic carbocycles. The minimum absolute atomic E-state index is 0.0755. The van der Waals surface area contributed by atoms with Crippen molar-refractivity contribution >= 4 is 17.5 Å². The molecule has 8 heteroatoms. The predicted molar refractivity (Wildman–Crippen MR) is 94.6 cm³/mol. The fourth-order valence-corrected chi connectivity index (χ4v) is 3.15. The van der Waals surface area contributed by atoms with Gasteiger partial charge in [0.2, 0.25) is 11.7 Å². The Labute approximate surface area is 155 Å². The molecule has 0 bridgehead atoms. The Bertz CT molecular complexity index is 885. The van der Waals surface area contributed by atoms with E-state index < -0.39 is 0 Å². The molecule has 0 spiro atoms. The summed E-state index contributed by atoms with van der Waals surface area (Å²) >= 11 is 6.17. The van der Waals surface area contributed by atoms with Crippen molar-refractivity contribution in [3.8, 4) is 11.4 Å². The topological polar surface area (TPSA) is 75.6 Å². The number of rotatable bonds is 4. The van der Waals surface area contributed by atoms with Gasteiger partial charge in [-0.15, -0.1) is 0 Å². The number of carbonyl (C=O) groups is 1. The number of piperazine rings is 1. The maximum absolute atomic E-state index is 12.3. The Kier molecular flexibility index (Phi) is 4.73. The van der Waals surface area contributed by atoms with Crippen molar-refractivity contribution in [2.75, 3.05) is 26.2 Å². The molecule has 26 heavy (non-hydrogen) atoms. The lowest BCUT2D eigenvalue weighted by Crippen LogP contribution is -2.48. The van der Waals surface area contributed by atoms with Crippen molar-refractivity contribution < 1.29 is 13.7 Å². The molecule has 0 saturated carbocycles. The third-order valence-corrected chi connectivity index (χ3v) is 4.66. The van der Waals surface area contributed by atoms with Crippen molar-refractivity contribution in [3.63, 3.8) is 0 Å². The van der Waals surface area contributed by atoms with Gasteiger partial charge in [-0.3, -0.25) is 9.69 Å². The predicted octanol–water partition coefficient (Wildman–Crippen LogP) is 2.94. The third kappa shape index (κ3) is 3.49. The first kappa shape index (κ1) is 16.8. The molecule has 1 saturated heterocycles. The van der Waals surface area contributed by atoms with Gasteiger partial charge in [0, 0.05) is 31.7 Å². The molecule has 1 aliphatic rings. The van der Waals surface area contributed by atoms with E-state index >= 15 is 0 Å². The summed E-state index contributed by atoms with van der Waals surface area (Å²) in [6.07, 6.45) is 1.51. The van der Waals surface area contributed by atoms with Gasteiger partial charge in [0.25, 0.3) is 5.91 Å². The number of nitrogens with zero attached hydrogens (tertiary/aromatic N) is 4. The van der Waals surface area contributed by atoms with Gasteiger partial charge in [0.1, 0.15) is 0 Å². The van der Waals surface area contributed by atoms with Gasteiger partial charge < -0.3 is 13.8 Å². The van der Waals surface area contributed by atoms with Gasteiger partial charge in [-0.1, -0.05) is 28.9 Å². The lowest BCUT2D eigenvalue weighted by Gasteiger charge is -2.33. The summed E-state index contributed by atoms with van der Waals surface area (Å²) in [5.41, 5.74) is 0.748. The van der Waals surface area contributed by atoms with E-state index in [1.54, 1.807) is 23.1 Å². The van der Waals surface area contributed by atoms with Crippen LogP contribution in [0.1, 0.15) is 16.4 Å². The molecule has 3 heterocycles. The fourth-order valence-electron chi connectivity index (χ4n) is 2.93. The molecule has 0 unspecified atom stereocenters. The highest BCUT2D eigenvalue weighted by atomic mass is 35.5. The smallest absolute Gasteiger partial charge is 0.289 e. The Balaban J connectivity index is 1.35. The number of carbonyl (C=O) groups excluding carboxylic acids is 1. The number of benzene rings is 1. The maximum atomic E-state index is 12.3. The normalized spacial score (nSPS) is 15.3. The molecule has 3 aromatic rings. The van der Waals surface area contributed by atoms with E-state index in [0.717, 1.165) is 18.7 Å². The molecular weight excluding hydrogens is 356 g/mol.